The Morgan fingerprint density at radius 2 is 2.26 bits per heavy atom. The molecule has 0 fully saturated rings. The van der Waals surface area contributed by atoms with E-state index in [-0.39, 0.29) is 11.5 Å². The molecule has 116 valence electrons. The van der Waals surface area contributed by atoms with Crippen LogP contribution in [-0.4, -0.2) is 28.3 Å². The van der Waals surface area contributed by atoms with Gasteiger partial charge in [-0.05, 0) is 35.2 Å². The number of thioether (sulfide) groups is 1. The molecule has 7 heteroatoms. The lowest BCUT2D eigenvalue weighted by Gasteiger charge is -2.02. The number of benzene rings is 1. The predicted octanol–water partition coefficient (Wildman–Crippen LogP) is 3.71. The van der Waals surface area contributed by atoms with Crippen LogP contribution in [0.3, 0.4) is 0 Å². The number of rotatable bonds is 5. The molecular formula is C16H12N2O3S2. The Kier molecular flexibility index (Phi) is 3.88. The second kappa shape index (κ2) is 6.17. The Morgan fingerprint density at radius 3 is 3.13 bits per heavy atom. The molecule has 5 nitrogen and oxygen atoms in total. The van der Waals surface area contributed by atoms with Crippen LogP contribution in [0, 0.1) is 0 Å². The first-order valence-electron chi connectivity index (χ1n) is 7.09. The van der Waals surface area contributed by atoms with E-state index in [9.17, 15) is 4.79 Å². The highest BCUT2D eigenvalue weighted by molar-refractivity contribution is 7.99. The maximum Gasteiger partial charge on any atom is 0.277 e. The predicted molar refractivity (Wildman–Crippen MR) is 88.3 cm³/mol. The molecule has 3 aromatic rings. The van der Waals surface area contributed by atoms with Crippen LogP contribution >= 0.6 is 23.1 Å². The second-order valence-electron chi connectivity index (χ2n) is 4.98. The maximum absolute atomic E-state index is 12.3. The van der Waals surface area contributed by atoms with Crippen molar-refractivity contribution < 1.29 is 13.9 Å². The summed E-state index contributed by atoms with van der Waals surface area (Å²) in [5.41, 5.74) is 1.79. The standard InChI is InChI=1S/C16H12N2O3S2/c19-12(10-3-4-13-11(8-10)5-6-20-13)9-23-16-18-17-15(21-16)14-2-1-7-22-14/h1-4,7-8H,5-6,9H2. The van der Waals surface area contributed by atoms with Gasteiger partial charge in [0.05, 0.1) is 17.2 Å². The Labute approximate surface area is 140 Å². The zero-order valence-electron chi connectivity index (χ0n) is 12.0. The minimum absolute atomic E-state index is 0.0422. The Bertz CT molecular complexity index is 843. The van der Waals surface area contributed by atoms with Crippen molar-refractivity contribution in [1.29, 1.82) is 0 Å². The molecule has 1 aliphatic heterocycles. The average molecular weight is 344 g/mol. The number of carbonyl (C=O) groups is 1. The van der Waals surface area contributed by atoms with Gasteiger partial charge < -0.3 is 9.15 Å². The molecule has 1 aliphatic rings. The SMILES string of the molecule is O=C(CSc1nnc(-c2cccs2)o1)c1ccc2c(c1)CCO2. The van der Waals surface area contributed by atoms with E-state index in [1.54, 1.807) is 6.07 Å². The summed E-state index contributed by atoms with van der Waals surface area (Å²) in [6.07, 6.45) is 0.859. The van der Waals surface area contributed by atoms with E-state index in [1.807, 2.05) is 29.6 Å². The number of fused-ring (bicyclic) bond motifs is 1. The van der Waals surface area contributed by atoms with Crippen molar-refractivity contribution in [2.75, 3.05) is 12.4 Å². The van der Waals surface area contributed by atoms with E-state index in [1.165, 1.54) is 23.1 Å². The average Bonchev–Trinajstić information content (AvgIpc) is 3.32. The quantitative estimate of drug-likeness (QED) is 0.519. The molecule has 0 N–H and O–H groups in total. The molecule has 1 aromatic carbocycles. The zero-order chi connectivity index (χ0) is 15.6. The molecule has 0 aliphatic carbocycles. The van der Waals surface area contributed by atoms with Gasteiger partial charge in [0.25, 0.3) is 11.1 Å². The molecule has 0 unspecified atom stereocenters. The van der Waals surface area contributed by atoms with E-state index >= 15 is 0 Å². The number of nitrogens with zero attached hydrogens (tertiary/aromatic N) is 2. The molecule has 3 heterocycles. The van der Waals surface area contributed by atoms with Crippen molar-refractivity contribution in [3.8, 4) is 16.5 Å². The van der Waals surface area contributed by atoms with Gasteiger partial charge in [-0.25, -0.2) is 0 Å². The first-order valence-corrected chi connectivity index (χ1v) is 8.95. The lowest BCUT2D eigenvalue weighted by atomic mass is 10.1. The van der Waals surface area contributed by atoms with Crippen molar-refractivity contribution in [3.63, 3.8) is 0 Å². The molecule has 0 spiro atoms. The third-order valence-corrected chi connectivity index (χ3v) is 5.15. The fourth-order valence-electron chi connectivity index (χ4n) is 2.34. The minimum Gasteiger partial charge on any atom is -0.493 e. The molecule has 2 aromatic heterocycles. The van der Waals surface area contributed by atoms with Crippen LogP contribution in [0.25, 0.3) is 10.8 Å². The number of hydrogen-bond acceptors (Lipinski definition) is 7. The Balaban J connectivity index is 1.42. The van der Waals surface area contributed by atoms with Crippen LogP contribution in [0.15, 0.2) is 45.4 Å². The fourth-order valence-corrected chi connectivity index (χ4v) is 3.64. The third-order valence-electron chi connectivity index (χ3n) is 3.48. The summed E-state index contributed by atoms with van der Waals surface area (Å²) < 4.78 is 11.0. The highest BCUT2D eigenvalue weighted by atomic mass is 32.2. The molecule has 0 amide bonds. The highest BCUT2D eigenvalue weighted by Gasteiger charge is 2.16. The van der Waals surface area contributed by atoms with Crippen LogP contribution in [0.4, 0.5) is 0 Å². The smallest absolute Gasteiger partial charge is 0.277 e. The van der Waals surface area contributed by atoms with Crippen LogP contribution in [-0.2, 0) is 6.42 Å². The van der Waals surface area contributed by atoms with Gasteiger partial charge in [0.2, 0.25) is 0 Å². The van der Waals surface area contributed by atoms with E-state index in [4.69, 9.17) is 9.15 Å². The molecule has 23 heavy (non-hydrogen) atoms. The molecule has 0 saturated heterocycles. The summed E-state index contributed by atoms with van der Waals surface area (Å²) in [4.78, 5) is 13.2. The number of ketones is 1. The molecule has 0 atom stereocenters. The number of thiophene rings is 1. The summed E-state index contributed by atoms with van der Waals surface area (Å²) in [6, 6.07) is 9.43. The lowest BCUT2D eigenvalue weighted by molar-refractivity contribution is 0.102. The topological polar surface area (TPSA) is 65.2 Å². The number of aromatic nitrogens is 2. The molecule has 4 rings (SSSR count). The highest BCUT2D eigenvalue weighted by Crippen LogP contribution is 2.28. The van der Waals surface area contributed by atoms with Crippen molar-refractivity contribution in [2.45, 2.75) is 11.6 Å². The third kappa shape index (κ3) is 3.02. The summed E-state index contributed by atoms with van der Waals surface area (Å²) >= 11 is 2.80. The van der Waals surface area contributed by atoms with Gasteiger partial charge in [-0.1, -0.05) is 17.8 Å². The van der Waals surface area contributed by atoms with Gasteiger partial charge in [0.1, 0.15) is 5.75 Å². The number of hydrogen-bond donors (Lipinski definition) is 0. The molecule has 0 bridgehead atoms. The van der Waals surface area contributed by atoms with Gasteiger partial charge >= 0.3 is 0 Å². The van der Waals surface area contributed by atoms with Gasteiger partial charge in [0.15, 0.2) is 5.78 Å². The number of ether oxygens (including phenoxy) is 1. The molecular weight excluding hydrogens is 332 g/mol. The van der Waals surface area contributed by atoms with Crippen molar-refractivity contribution in [1.82, 2.24) is 10.2 Å². The second-order valence-corrected chi connectivity index (χ2v) is 6.86. The normalized spacial score (nSPS) is 12.9. The van der Waals surface area contributed by atoms with Gasteiger partial charge in [0, 0.05) is 12.0 Å². The van der Waals surface area contributed by atoms with Crippen LogP contribution in [0.5, 0.6) is 5.75 Å². The first kappa shape index (κ1) is 14.5. The monoisotopic (exact) mass is 344 g/mol. The van der Waals surface area contributed by atoms with Crippen molar-refractivity contribution >= 4 is 28.9 Å². The summed E-state index contributed by atoms with van der Waals surface area (Å²) in [7, 11) is 0. The van der Waals surface area contributed by atoms with Gasteiger partial charge in [-0.15, -0.1) is 21.5 Å². The van der Waals surface area contributed by atoms with Gasteiger partial charge in [-0.2, -0.15) is 0 Å². The van der Waals surface area contributed by atoms with Crippen LogP contribution in [0.2, 0.25) is 0 Å². The summed E-state index contributed by atoms with van der Waals surface area (Å²) in [5.74, 6) is 1.68. The molecule has 0 radical (unpaired) electrons. The van der Waals surface area contributed by atoms with E-state index in [0.717, 1.165) is 22.6 Å². The number of Topliss-reactive ketones (excluding diaryl/α,β-unsaturated/α-hetero) is 1. The van der Waals surface area contributed by atoms with Gasteiger partial charge in [-0.3, -0.25) is 4.79 Å². The summed E-state index contributed by atoms with van der Waals surface area (Å²) in [6.45, 7) is 0.690. The Hall–Kier alpha value is -2.12. The number of carbonyl (C=O) groups excluding carboxylic acids is 1. The Morgan fingerprint density at radius 1 is 1.30 bits per heavy atom. The van der Waals surface area contributed by atoms with Crippen LogP contribution < -0.4 is 4.74 Å². The van der Waals surface area contributed by atoms with E-state index < -0.39 is 0 Å². The minimum atomic E-state index is 0.0422. The van der Waals surface area contributed by atoms with Crippen LogP contribution in [0.1, 0.15) is 15.9 Å². The first-order chi connectivity index (χ1) is 11.3. The fraction of sp³-hybridized carbons (Fsp3) is 0.188. The largest absolute Gasteiger partial charge is 0.493 e. The van der Waals surface area contributed by atoms with E-state index in [2.05, 4.69) is 10.2 Å². The molecule has 0 saturated carbocycles. The maximum atomic E-state index is 12.3. The summed E-state index contributed by atoms with van der Waals surface area (Å²) in [5, 5.41) is 10.3. The van der Waals surface area contributed by atoms with E-state index in [0.29, 0.717) is 23.3 Å². The van der Waals surface area contributed by atoms with Crippen molar-refractivity contribution in [2.24, 2.45) is 0 Å². The van der Waals surface area contributed by atoms with Crippen molar-refractivity contribution in [3.05, 3.63) is 46.8 Å². The lowest BCUT2D eigenvalue weighted by Crippen LogP contribution is -2.02. The zero-order valence-corrected chi connectivity index (χ0v) is 13.7.